The van der Waals surface area contributed by atoms with E-state index >= 15 is 0 Å². The molecule has 2 heterocycles. The number of para-hydroxylation sites is 1. The molecule has 1 aromatic heterocycles. The van der Waals surface area contributed by atoms with Crippen LogP contribution in [-0.2, 0) is 17.5 Å². The molecular weight excluding hydrogens is 495 g/mol. The molecule has 182 valence electrons. The Morgan fingerprint density at radius 3 is 2.74 bits per heavy atom. The molecule has 0 spiro atoms. The van der Waals surface area contributed by atoms with Crippen LogP contribution in [0.4, 0.5) is 24.5 Å². The minimum Gasteiger partial charge on any atom is -0.493 e. The third-order valence-corrected chi connectivity index (χ3v) is 6.88. The first kappa shape index (κ1) is 24.9. The smallest absolute Gasteiger partial charge is 0.416 e. The maximum atomic E-state index is 12.8. The van der Waals surface area contributed by atoms with E-state index in [4.69, 9.17) is 12.2 Å². The summed E-state index contributed by atoms with van der Waals surface area (Å²) in [5.41, 5.74) is 2.11. The number of hydrogen-bond acceptors (Lipinski definition) is 5. The highest BCUT2D eigenvalue weighted by Gasteiger charge is 2.30. The number of thiazole rings is 1. The van der Waals surface area contributed by atoms with E-state index in [9.17, 15) is 23.1 Å². The van der Waals surface area contributed by atoms with Crippen molar-refractivity contribution in [3.63, 3.8) is 0 Å². The zero-order valence-electron chi connectivity index (χ0n) is 18.5. The van der Waals surface area contributed by atoms with Gasteiger partial charge in [0.25, 0.3) is 0 Å². The van der Waals surface area contributed by atoms with Gasteiger partial charge in [0.1, 0.15) is 0 Å². The lowest BCUT2D eigenvalue weighted by Gasteiger charge is -2.10. The highest BCUT2D eigenvalue weighted by Crippen LogP contribution is 2.36. The topological polar surface area (TPSA) is 66.6 Å². The van der Waals surface area contributed by atoms with Gasteiger partial charge in [-0.1, -0.05) is 30.7 Å². The summed E-state index contributed by atoms with van der Waals surface area (Å²) >= 11 is 6.74. The number of nitrogens with zero attached hydrogens (tertiary/aromatic N) is 2. The van der Waals surface area contributed by atoms with Gasteiger partial charge < -0.3 is 10.4 Å². The Bertz CT molecular complexity index is 1360. The van der Waals surface area contributed by atoms with E-state index in [2.05, 4.69) is 10.3 Å². The molecule has 0 atom stereocenters. The normalized spacial score (nSPS) is 13.9. The Morgan fingerprint density at radius 2 is 1.94 bits per heavy atom. The van der Waals surface area contributed by atoms with Crippen LogP contribution in [-0.4, -0.2) is 21.8 Å². The van der Waals surface area contributed by atoms with Crippen LogP contribution in [0.2, 0.25) is 0 Å². The highest BCUT2D eigenvalue weighted by molar-refractivity contribution is 7.73. The molecule has 0 bridgehead atoms. The molecule has 10 heteroatoms. The second kappa shape index (κ2) is 10.6. The monoisotopic (exact) mass is 517 g/mol. The maximum Gasteiger partial charge on any atom is 0.416 e. The first-order chi connectivity index (χ1) is 16.7. The Hall–Kier alpha value is -3.24. The standard InChI is InChI=1S/C25H22F3N3O2S2/c26-25(27,28)17-7-6-8-18(14-17)30-22(32)11-2-1-5-12-31-23(33)21(35-24(31)34)13-16-15-29-20-10-4-3-9-19(16)20/h3-4,6-10,13-15,33H,1-2,5,11-12H2,(H,30,32)/b16-13+. The lowest BCUT2D eigenvalue weighted by atomic mass is 10.1. The first-order valence-electron chi connectivity index (χ1n) is 11.0. The van der Waals surface area contributed by atoms with Gasteiger partial charge in [0.2, 0.25) is 11.8 Å². The molecule has 2 N–H and O–H groups in total. The van der Waals surface area contributed by atoms with Gasteiger partial charge in [-0.2, -0.15) is 13.2 Å². The predicted octanol–water partition coefficient (Wildman–Crippen LogP) is 7.46. The van der Waals surface area contributed by atoms with E-state index in [1.54, 1.807) is 10.8 Å². The van der Waals surface area contributed by atoms with Crippen molar-refractivity contribution in [3.05, 3.63) is 68.5 Å². The summed E-state index contributed by atoms with van der Waals surface area (Å²) < 4.78 is 40.6. The van der Waals surface area contributed by atoms with Crippen molar-refractivity contribution in [2.75, 3.05) is 5.32 Å². The molecule has 0 saturated heterocycles. The Kier molecular flexibility index (Phi) is 7.51. The van der Waals surface area contributed by atoms with Gasteiger partial charge in [-0.3, -0.25) is 14.4 Å². The van der Waals surface area contributed by atoms with Crippen molar-refractivity contribution < 1.29 is 23.1 Å². The van der Waals surface area contributed by atoms with E-state index in [1.807, 2.05) is 30.3 Å². The number of aromatic nitrogens is 1. The molecule has 1 aliphatic rings. The highest BCUT2D eigenvalue weighted by atomic mass is 32.1. The second-order valence-corrected chi connectivity index (χ2v) is 9.70. The Morgan fingerprint density at radius 1 is 1.14 bits per heavy atom. The third kappa shape index (κ3) is 6.07. The summed E-state index contributed by atoms with van der Waals surface area (Å²) in [4.78, 5) is 17.1. The quantitative estimate of drug-likeness (QED) is 0.241. The summed E-state index contributed by atoms with van der Waals surface area (Å²) in [6.45, 7) is 0.504. The van der Waals surface area contributed by atoms with Crippen LogP contribution in [0, 0.1) is 3.95 Å². The first-order valence-corrected chi connectivity index (χ1v) is 12.2. The second-order valence-electron chi connectivity index (χ2n) is 8.02. The van der Waals surface area contributed by atoms with Crippen LogP contribution in [0.25, 0.3) is 11.6 Å². The molecule has 0 unspecified atom stereocenters. The molecular formula is C25H22F3N3O2S2. The van der Waals surface area contributed by atoms with Gasteiger partial charge in [0.05, 0.1) is 16.1 Å². The van der Waals surface area contributed by atoms with Crippen molar-refractivity contribution in [3.8, 4) is 5.88 Å². The summed E-state index contributed by atoms with van der Waals surface area (Å²) in [7, 11) is 0. The number of unbranched alkanes of at least 4 members (excludes halogenated alkanes) is 2. The average molecular weight is 518 g/mol. The largest absolute Gasteiger partial charge is 0.493 e. The number of amides is 1. The molecule has 0 saturated carbocycles. The van der Waals surface area contributed by atoms with Crippen LogP contribution >= 0.6 is 23.6 Å². The fraction of sp³-hybridized carbons (Fsp3) is 0.240. The number of aromatic hydroxyl groups is 1. The molecule has 5 nitrogen and oxygen atoms in total. The number of halogens is 3. The molecule has 0 aliphatic carbocycles. The van der Waals surface area contributed by atoms with Crippen LogP contribution in [0.3, 0.4) is 0 Å². The number of carbonyl (C=O) groups excluding carboxylic acids is 1. The number of allylic oxidation sites excluding steroid dienone is 1. The summed E-state index contributed by atoms with van der Waals surface area (Å²) in [5, 5.41) is 13.2. The van der Waals surface area contributed by atoms with E-state index < -0.39 is 11.7 Å². The number of anilines is 1. The summed E-state index contributed by atoms with van der Waals surface area (Å²) in [6.07, 6.45) is 1.32. The van der Waals surface area contributed by atoms with Crippen molar-refractivity contribution in [2.24, 2.45) is 4.99 Å². The van der Waals surface area contributed by atoms with Crippen LogP contribution in [0.5, 0.6) is 5.88 Å². The number of alkyl halides is 3. The zero-order chi connectivity index (χ0) is 25.0. The number of rotatable bonds is 8. The molecule has 4 rings (SSSR count). The van der Waals surface area contributed by atoms with Gasteiger partial charge in [-0.25, -0.2) is 0 Å². The van der Waals surface area contributed by atoms with E-state index in [0.717, 1.165) is 29.0 Å². The van der Waals surface area contributed by atoms with Gasteiger partial charge in [0, 0.05) is 36.0 Å². The minimum absolute atomic E-state index is 0.104. The number of nitrogens with one attached hydrogen (secondary N) is 1. The molecule has 0 radical (unpaired) electrons. The van der Waals surface area contributed by atoms with E-state index in [-0.39, 0.29) is 23.9 Å². The lowest BCUT2D eigenvalue weighted by Crippen LogP contribution is -2.12. The number of hydrogen-bond donors (Lipinski definition) is 2. The van der Waals surface area contributed by atoms with Crippen LogP contribution in [0.1, 0.15) is 41.7 Å². The summed E-state index contributed by atoms with van der Waals surface area (Å²) in [5.74, 6) is -0.237. The molecule has 1 amide bonds. The number of carbonyl (C=O) groups is 1. The van der Waals surface area contributed by atoms with E-state index in [1.165, 1.54) is 23.5 Å². The molecule has 1 aliphatic heterocycles. The van der Waals surface area contributed by atoms with E-state index in [0.29, 0.717) is 34.6 Å². The molecule has 35 heavy (non-hydrogen) atoms. The van der Waals surface area contributed by atoms with Gasteiger partial charge in [-0.15, -0.1) is 11.3 Å². The number of benzene rings is 2. The maximum absolute atomic E-state index is 12.8. The fourth-order valence-corrected chi connectivity index (χ4v) is 5.04. The number of fused-ring (bicyclic) bond motifs is 1. The van der Waals surface area contributed by atoms with Crippen molar-refractivity contribution in [1.29, 1.82) is 0 Å². The zero-order valence-corrected chi connectivity index (χ0v) is 20.1. The van der Waals surface area contributed by atoms with Crippen LogP contribution < -0.4 is 5.32 Å². The number of aliphatic imine (C=N–C) groups is 1. The lowest BCUT2D eigenvalue weighted by molar-refractivity contribution is -0.137. The van der Waals surface area contributed by atoms with Crippen molar-refractivity contribution >= 4 is 58.7 Å². The van der Waals surface area contributed by atoms with Crippen molar-refractivity contribution in [2.45, 2.75) is 38.4 Å². The Labute approximate surface area is 209 Å². The molecule has 2 aromatic carbocycles. The SMILES string of the molecule is O=C(CCCCCn1c(O)c(/C=C2\C=Nc3ccccc32)sc1=S)Nc1cccc(C(F)(F)F)c1. The third-order valence-electron chi connectivity index (χ3n) is 5.50. The molecule has 0 fully saturated rings. The summed E-state index contributed by atoms with van der Waals surface area (Å²) in [6, 6.07) is 12.3. The fourth-order valence-electron chi connectivity index (χ4n) is 3.73. The predicted molar refractivity (Wildman–Crippen MR) is 136 cm³/mol. The van der Waals surface area contributed by atoms with Gasteiger partial charge in [-0.05, 0) is 55.4 Å². The van der Waals surface area contributed by atoms with Gasteiger partial charge in [0.15, 0.2) is 3.95 Å². The van der Waals surface area contributed by atoms with Crippen LogP contribution in [0.15, 0.2) is 53.5 Å². The van der Waals surface area contributed by atoms with Crippen molar-refractivity contribution in [1.82, 2.24) is 4.57 Å². The van der Waals surface area contributed by atoms with Gasteiger partial charge >= 0.3 is 6.18 Å². The average Bonchev–Trinajstić information content (AvgIpc) is 3.34. The Balaban J connectivity index is 1.27. The minimum atomic E-state index is -4.46. The molecule has 3 aromatic rings.